The molecule has 4 atom stereocenters. The zero-order valence-electron chi connectivity index (χ0n) is 20.9. The van der Waals surface area contributed by atoms with Gasteiger partial charge in [0.1, 0.15) is 11.8 Å². The third-order valence-corrected chi connectivity index (χ3v) is 8.10. The van der Waals surface area contributed by atoms with E-state index < -0.39 is 35.7 Å². The average Bonchev–Trinajstić information content (AvgIpc) is 3.44. The van der Waals surface area contributed by atoms with Crippen LogP contribution in [0.15, 0.2) is 107 Å². The number of fused-ring (bicyclic) bond motifs is 3. The Balaban J connectivity index is 1.42. The SMILES string of the molecule is COc1ccc(N2C(=O)C3C(C2=O)C(C(=O)c2ccc(Br)cc2)N2C=CC(C(=O)c4ccccc4)=CC32)cc1. The quantitative estimate of drug-likeness (QED) is 0.305. The van der Waals surface area contributed by atoms with E-state index in [0.717, 1.165) is 4.47 Å². The molecular formula is C31H23BrN2O5. The van der Waals surface area contributed by atoms with E-state index in [4.69, 9.17) is 4.74 Å². The predicted octanol–water partition coefficient (Wildman–Crippen LogP) is 4.84. The van der Waals surface area contributed by atoms with Crippen LogP contribution in [0, 0.1) is 11.8 Å². The van der Waals surface area contributed by atoms with Crippen molar-refractivity contribution in [2.45, 2.75) is 12.1 Å². The van der Waals surface area contributed by atoms with Gasteiger partial charge in [-0.25, -0.2) is 4.90 Å². The summed E-state index contributed by atoms with van der Waals surface area (Å²) < 4.78 is 6.04. The number of ketones is 2. The van der Waals surface area contributed by atoms with Gasteiger partial charge in [-0.05, 0) is 42.5 Å². The smallest absolute Gasteiger partial charge is 0.240 e. The Morgan fingerprint density at radius 1 is 0.821 bits per heavy atom. The number of hydrogen-bond donors (Lipinski definition) is 0. The average molecular weight is 583 g/mol. The van der Waals surface area contributed by atoms with Crippen molar-refractivity contribution < 1.29 is 23.9 Å². The second-order valence-electron chi connectivity index (χ2n) is 9.65. The van der Waals surface area contributed by atoms with Gasteiger partial charge in [-0.2, -0.15) is 0 Å². The number of hydrogen-bond acceptors (Lipinski definition) is 6. The van der Waals surface area contributed by atoms with Gasteiger partial charge in [0, 0.05) is 27.4 Å². The number of imide groups is 1. The molecule has 0 N–H and O–H groups in total. The molecular weight excluding hydrogens is 560 g/mol. The van der Waals surface area contributed by atoms with E-state index in [1.165, 1.54) is 12.0 Å². The van der Waals surface area contributed by atoms with Crippen LogP contribution in [0.5, 0.6) is 5.75 Å². The molecule has 3 aliphatic heterocycles. The van der Waals surface area contributed by atoms with Crippen molar-refractivity contribution in [2.75, 3.05) is 12.0 Å². The third-order valence-electron chi connectivity index (χ3n) is 7.57. The van der Waals surface area contributed by atoms with Crippen molar-refractivity contribution in [1.82, 2.24) is 4.90 Å². The van der Waals surface area contributed by atoms with Gasteiger partial charge in [0.2, 0.25) is 11.8 Å². The number of nitrogens with zero attached hydrogens (tertiary/aromatic N) is 2. The second kappa shape index (κ2) is 9.78. The Kier molecular flexibility index (Phi) is 6.27. The highest BCUT2D eigenvalue weighted by Gasteiger charge is 2.63. The van der Waals surface area contributed by atoms with Crippen LogP contribution in [0.2, 0.25) is 0 Å². The monoisotopic (exact) mass is 582 g/mol. The van der Waals surface area contributed by atoms with Gasteiger partial charge in [0.15, 0.2) is 11.6 Å². The zero-order valence-corrected chi connectivity index (χ0v) is 22.4. The number of ether oxygens (including phenoxy) is 1. The number of anilines is 1. The maximum Gasteiger partial charge on any atom is 0.240 e. The molecule has 39 heavy (non-hydrogen) atoms. The topological polar surface area (TPSA) is 84.0 Å². The van der Waals surface area contributed by atoms with Gasteiger partial charge >= 0.3 is 0 Å². The van der Waals surface area contributed by atoms with E-state index in [1.807, 2.05) is 6.07 Å². The molecule has 3 heterocycles. The Bertz CT molecular complexity index is 1550. The minimum Gasteiger partial charge on any atom is -0.497 e. The predicted molar refractivity (Wildman–Crippen MR) is 148 cm³/mol. The Morgan fingerprint density at radius 3 is 2.15 bits per heavy atom. The fraction of sp³-hybridized carbons (Fsp3) is 0.161. The summed E-state index contributed by atoms with van der Waals surface area (Å²) in [7, 11) is 1.54. The van der Waals surface area contributed by atoms with Gasteiger partial charge in [-0.3, -0.25) is 19.2 Å². The first kappa shape index (κ1) is 25.0. The third kappa shape index (κ3) is 4.12. The second-order valence-corrected chi connectivity index (χ2v) is 10.6. The highest BCUT2D eigenvalue weighted by atomic mass is 79.9. The molecule has 0 spiro atoms. The molecule has 3 aromatic carbocycles. The van der Waals surface area contributed by atoms with Crippen LogP contribution in [-0.2, 0) is 9.59 Å². The number of methoxy groups -OCH3 is 1. The number of Topliss-reactive ketones (excluding diaryl/α,β-unsaturated/α-hetero) is 2. The first-order chi connectivity index (χ1) is 18.9. The lowest BCUT2D eigenvalue weighted by molar-refractivity contribution is -0.123. The summed E-state index contributed by atoms with van der Waals surface area (Å²) in [5, 5.41) is 0. The van der Waals surface area contributed by atoms with Crippen molar-refractivity contribution in [3.05, 3.63) is 118 Å². The number of carbonyl (C=O) groups excluding carboxylic acids is 4. The molecule has 0 bridgehead atoms. The number of amides is 2. The molecule has 194 valence electrons. The van der Waals surface area contributed by atoms with Crippen molar-refractivity contribution in [2.24, 2.45) is 11.8 Å². The maximum absolute atomic E-state index is 13.9. The lowest BCUT2D eigenvalue weighted by Gasteiger charge is -2.32. The summed E-state index contributed by atoms with van der Waals surface area (Å²) >= 11 is 3.39. The first-order valence-electron chi connectivity index (χ1n) is 12.5. The van der Waals surface area contributed by atoms with E-state index in [0.29, 0.717) is 28.1 Å². The summed E-state index contributed by atoms with van der Waals surface area (Å²) in [6.45, 7) is 0. The lowest BCUT2D eigenvalue weighted by Crippen LogP contribution is -2.46. The number of rotatable bonds is 6. The fourth-order valence-electron chi connectivity index (χ4n) is 5.72. The van der Waals surface area contributed by atoms with Crippen molar-refractivity contribution in [1.29, 1.82) is 0 Å². The standard InChI is InChI=1S/C31H23BrN2O5/c1-39-23-13-11-22(12-14-23)34-30(37)25-24-17-20(28(35)18-5-3-2-4-6-18)15-16-33(24)27(26(25)31(34)38)29(36)19-7-9-21(32)10-8-19/h2-17,24-27H,1H3. The van der Waals surface area contributed by atoms with Crippen LogP contribution < -0.4 is 9.64 Å². The molecule has 7 nitrogen and oxygen atoms in total. The summed E-state index contributed by atoms with van der Waals surface area (Å²) in [5.41, 5.74) is 1.79. The molecule has 2 saturated heterocycles. The minimum atomic E-state index is -0.909. The normalized spacial score (nSPS) is 23.4. The summed E-state index contributed by atoms with van der Waals surface area (Å²) in [6, 6.07) is 20.9. The van der Waals surface area contributed by atoms with Gasteiger partial charge in [-0.1, -0.05) is 64.5 Å². The van der Waals surface area contributed by atoms with Gasteiger partial charge in [0.05, 0.1) is 30.7 Å². The summed E-state index contributed by atoms with van der Waals surface area (Å²) in [5.74, 6) is -2.41. The number of halogens is 1. The molecule has 3 aliphatic rings. The molecule has 3 aromatic rings. The van der Waals surface area contributed by atoms with E-state index in [9.17, 15) is 19.2 Å². The van der Waals surface area contributed by atoms with Crippen LogP contribution in [0.25, 0.3) is 0 Å². The van der Waals surface area contributed by atoms with E-state index in [1.54, 1.807) is 96.0 Å². The van der Waals surface area contributed by atoms with Crippen molar-refractivity contribution in [3.8, 4) is 5.75 Å². The Hall–Kier alpha value is -4.30. The number of carbonyl (C=O) groups is 4. The van der Waals surface area contributed by atoms with Gasteiger partial charge in [-0.15, -0.1) is 0 Å². The largest absolute Gasteiger partial charge is 0.497 e. The Labute approximate surface area is 233 Å². The molecule has 2 amide bonds. The van der Waals surface area contributed by atoms with Crippen LogP contribution in [0.1, 0.15) is 20.7 Å². The lowest BCUT2D eigenvalue weighted by atomic mass is 9.85. The molecule has 0 aromatic heterocycles. The molecule has 0 aliphatic carbocycles. The van der Waals surface area contributed by atoms with Crippen LogP contribution in [0.3, 0.4) is 0 Å². The van der Waals surface area contributed by atoms with Crippen LogP contribution in [-0.4, -0.2) is 47.5 Å². The van der Waals surface area contributed by atoms with Crippen LogP contribution >= 0.6 is 15.9 Å². The first-order valence-corrected chi connectivity index (χ1v) is 13.3. The number of benzene rings is 3. The number of allylic oxidation sites excluding steroid dienone is 2. The van der Waals surface area contributed by atoms with Gasteiger partial charge in [0.25, 0.3) is 0 Å². The van der Waals surface area contributed by atoms with Crippen LogP contribution in [0.4, 0.5) is 5.69 Å². The molecule has 0 radical (unpaired) electrons. The molecule has 0 saturated carbocycles. The van der Waals surface area contributed by atoms with Crippen molar-refractivity contribution in [3.63, 3.8) is 0 Å². The highest BCUT2D eigenvalue weighted by Crippen LogP contribution is 2.47. The zero-order chi connectivity index (χ0) is 27.3. The molecule has 8 heteroatoms. The van der Waals surface area contributed by atoms with E-state index in [-0.39, 0.29) is 11.6 Å². The molecule has 2 fully saturated rings. The minimum absolute atomic E-state index is 0.186. The van der Waals surface area contributed by atoms with E-state index >= 15 is 0 Å². The van der Waals surface area contributed by atoms with Gasteiger partial charge < -0.3 is 9.64 Å². The van der Waals surface area contributed by atoms with E-state index in [2.05, 4.69) is 15.9 Å². The molecule has 4 unspecified atom stereocenters. The maximum atomic E-state index is 13.9. The fourth-order valence-corrected chi connectivity index (χ4v) is 5.99. The highest BCUT2D eigenvalue weighted by molar-refractivity contribution is 9.10. The van der Waals surface area contributed by atoms with Crippen molar-refractivity contribution >= 4 is 45.0 Å². The molecule has 6 rings (SSSR count). The summed E-state index contributed by atoms with van der Waals surface area (Å²) in [4.78, 5) is 57.9. The summed E-state index contributed by atoms with van der Waals surface area (Å²) in [6.07, 6.45) is 5.06. The Morgan fingerprint density at radius 2 is 1.49 bits per heavy atom.